The molecule has 1 fully saturated rings. The highest BCUT2D eigenvalue weighted by atomic mass is 19.2. The molecule has 0 aliphatic carbocycles. The number of carbonyl (C=O) groups is 1. The van der Waals surface area contributed by atoms with E-state index in [1.807, 2.05) is 24.3 Å². The van der Waals surface area contributed by atoms with Gasteiger partial charge in [-0.1, -0.05) is 36.4 Å². The number of benzene rings is 3. The third-order valence-electron chi connectivity index (χ3n) is 6.78. The summed E-state index contributed by atoms with van der Waals surface area (Å²) in [6.45, 7) is 1.33. The maximum atomic E-state index is 14.7. The highest BCUT2D eigenvalue weighted by Crippen LogP contribution is 2.38. The fraction of sp³-hybridized carbons (Fsp3) is 0.214. The summed E-state index contributed by atoms with van der Waals surface area (Å²) in [4.78, 5) is 18.0. The molecule has 6 rings (SSSR count). The van der Waals surface area contributed by atoms with Gasteiger partial charge in [-0.15, -0.1) is 0 Å². The van der Waals surface area contributed by atoms with E-state index in [2.05, 4.69) is 10.3 Å². The lowest BCUT2D eigenvalue weighted by Gasteiger charge is -2.30. The Morgan fingerprint density at radius 3 is 2.64 bits per heavy atom. The highest BCUT2D eigenvalue weighted by molar-refractivity contribution is 6.04. The van der Waals surface area contributed by atoms with Gasteiger partial charge in [-0.3, -0.25) is 9.78 Å². The second kappa shape index (κ2) is 8.95. The average molecular weight is 490 g/mol. The van der Waals surface area contributed by atoms with Gasteiger partial charge < -0.3 is 14.8 Å². The van der Waals surface area contributed by atoms with Crippen molar-refractivity contribution in [2.45, 2.75) is 18.4 Å². The maximum Gasteiger partial charge on any atom is 0.253 e. The fourth-order valence-electron chi connectivity index (χ4n) is 4.96. The first-order valence-electron chi connectivity index (χ1n) is 11.7. The standard InChI is InChI=1S/C28H21F3N2O3/c29-16-10-20(26(31)22(30)11-16)17-5-3-6-19-25(15-13-35-14-15)21(12-32-27(17)19)28(34)33-23-8-9-36-24-7-2-1-4-18(23)24/h1-7,10-12,15,23H,8-9,13-14H2,(H,33,34)/t23-/m0/s1. The van der Waals surface area contributed by atoms with E-state index in [4.69, 9.17) is 9.47 Å². The van der Waals surface area contributed by atoms with Crippen LogP contribution in [0.4, 0.5) is 13.2 Å². The monoisotopic (exact) mass is 490 g/mol. The molecule has 1 N–H and O–H groups in total. The van der Waals surface area contributed by atoms with Gasteiger partial charge in [0, 0.05) is 46.7 Å². The van der Waals surface area contributed by atoms with Gasteiger partial charge in [0.25, 0.3) is 5.91 Å². The summed E-state index contributed by atoms with van der Waals surface area (Å²) >= 11 is 0. The van der Waals surface area contributed by atoms with Crippen LogP contribution in [0, 0.1) is 17.5 Å². The van der Waals surface area contributed by atoms with E-state index in [9.17, 15) is 18.0 Å². The van der Waals surface area contributed by atoms with E-state index in [1.54, 1.807) is 18.2 Å². The molecule has 5 nitrogen and oxygen atoms in total. The van der Waals surface area contributed by atoms with Crippen molar-refractivity contribution in [3.8, 4) is 16.9 Å². The van der Waals surface area contributed by atoms with Crippen molar-refractivity contribution in [2.24, 2.45) is 0 Å². The van der Waals surface area contributed by atoms with Crippen LogP contribution in [-0.2, 0) is 4.74 Å². The van der Waals surface area contributed by atoms with Crippen molar-refractivity contribution in [1.29, 1.82) is 0 Å². The topological polar surface area (TPSA) is 60.5 Å². The Balaban J connectivity index is 1.45. The number of hydrogen-bond acceptors (Lipinski definition) is 4. The average Bonchev–Trinajstić information content (AvgIpc) is 2.85. The predicted octanol–water partition coefficient (Wildman–Crippen LogP) is 5.69. The van der Waals surface area contributed by atoms with Gasteiger partial charge in [-0.05, 0) is 17.7 Å². The van der Waals surface area contributed by atoms with Crippen LogP contribution in [-0.4, -0.2) is 30.7 Å². The molecule has 2 aliphatic rings. The molecule has 1 amide bonds. The Labute approximate surface area is 204 Å². The number of nitrogens with one attached hydrogen (secondary N) is 1. The number of nitrogens with zero attached hydrogens (tertiary/aromatic N) is 1. The Kier molecular flexibility index (Phi) is 5.60. The molecule has 0 spiro atoms. The number of ether oxygens (including phenoxy) is 2. The van der Waals surface area contributed by atoms with E-state index >= 15 is 0 Å². The SMILES string of the molecule is O=C(N[C@H]1CCOc2ccccc21)c1cnc2c(-c3cc(F)cc(F)c3F)cccc2c1C1COC1. The largest absolute Gasteiger partial charge is 0.493 e. The van der Waals surface area contributed by atoms with Crippen molar-refractivity contribution >= 4 is 16.8 Å². The van der Waals surface area contributed by atoms with E-state index < -0.39 is 17.5 Å². The zero-order valence-electron chi connectivity index (χ0n) is 19.1. The molecule has 0 saturated carbocycles. The van der Waals surface area contributed by atoms with E-state index in [1.165, 1.54) is 6.20 Å². The number of aromatic nitrogens is 1. The number of carbonyl (C=O) groups excluding carboxylic acids is 1. The van der Waals surface area contributed by atoms with Crippen molar-refractivity contribution < 1.29 is 27.4 Å². The minimum Gasteiger partial charge on any atom is -0.493 e. The summed E-state index contributed by atoms with van der Waals surface area (Å²) in [7, 11) is 0. The van der Waals surface area contributed by atoms with Gasteiger partial charge >= 0.3 is 0 Å². The molecule has 3 heterocycles. The summed E-state index contributed by atoms with van der Waals surface area (Å²) < 4.78 is 53.7. The fourth-order valence-corrected chi connectivity index (χ4v) is 4.96. The molecule has 36 heavy (non-hydrogen) atoms. The second-order valence-electron chi connectivity index (χ2n) is 8.97. The molecular weight excluding hydrogens is 469 g/mol. The van der Waals surface area contributed by atoms with Crippen LogP contribution in [0.5, 0.6) is 5.75 Å². The van der Waals surface area contributed by atoms with Crippen LogP contribution < -0.4 is 10.1 Å². The number of para-hydroxylation sites is 2. The quantitative estimate of drug-likeness (QED) is 0.374. The van der Waals surface area contributed by atoms with Gasteiger partial charge in [-0.2, -0.15) is 0 Å². The molecular formula is C28H21F3N2O3. The zero-order chi connectivity index (χ0) is 24.8. The Hall–Kier alpha value is -3.91. The van der Waals surface area contributed by atoms with Crippen molar-refractivity contribution in [1.82, 2.24) is 10.3 Å². The van der Waals surface area contributed by atoms with E-state index in [-0.39, 0.29) is 29.0 Å². The third-order valence-corrected chi connectivity index (χ3v) is 6.78. The highest BCUT2D eigenvalue weighted by Gasteiger charge is 2.31. The third kappa shape index (κ3) is 3.78. The molecule has 0 bridgehead atoms. The minimum atomic E-state index is -1.28. The van der Waals surface area contributed by atoms with E-state index in [0.29, 0.717) is 48.8 Å². The van der Waals surface area contributed by atoms with Crippen LogP contribution in [0.3, 0.4) is 0 Å². The summed E-state index contributed by atoms with van der Waals surface area (Å²) in [6.07, 6.45) is 2.08. The Morgan fingerprint density at radius 2 is 1.83 bits per heavy atom. The van der Waals surface area contributed by atoms with Crippen molar-refractivity contribution in [3.63, 3.8) is 0 Å². The molecule has 1 aromatic heterocycles. The molecule has 1 saturated heterocycles. The normalized spacial score (nSPS) is 17.2. The van der Waals surface area contributed by atoms with Gasteiger partial charge in [0.15, 0.2) is 11.6 Å². The van der Waals surface area contributed by atoms with Crippen LogP contribution in [0.25, 0.3) is 22.0 Å². The smallest absolute Gasteiger partial charge is 0.253 e. The minimum absolute atomic E-state index is 0.0671. The van der Waals surface area contributed by atoms with Crippen LogP contribution >= 0.6 is 0 Å². The molecule has 8 heteroatoms. The van der Waals surface area contributed by atoms with Gasteiger partial charge in [0.1, 0.15) is 11.6 Å². The molecule has 2 aliphatic heterocycles. The summed E-state index contributed by atoms with van der Waals surface area (Å²) in [5.74, 6) is -2.93. The van der Waals surface area contributed by atoms with E-state index in [0.717, 1.165) is 22.9 Å². The van der Waals surface area contributed by atoms with Crippen molar-refractivity contribution in [3.05, 3.63) is 94.9 Å². The first-order valence-corrected chi connectivity index (χ1v) is 11.7. The van der Waals surface area contributed by atoms with Gasteiger partial charge in [0.2, 0.25) is 0 Å². The Bertz CT molecular complexity index is 1500. The number of fused-ring (bicyclic) bond motifs is 2. The van der Waals surface area contributed by atoms with Gasteiger partial charge in [0.05, 0.1) is 36.9 Å². The van der Waals surface area contributed by atoms with Crippen molar-refractivity contribution in [2.75, 3.05) is 19.8 Å². The molecule has 4 aromatic rings. The zero-order valence-corrected chi connectivity index (χ0v) is 19.1. The molecule has 0 radical (unpaired) electrons. The first-order chi connectivity index (χ1) is 17.5. The lowest BCUT2D eigenvalue weighted by Crippen LogP contribution is -2.34. The molecule has 3 aromatic carbocycles. The lowest BCUT2D eigenvalue weighted by atomic mass is 9.88. The number of rotatable bonds is 4. The lowest BCUT2D eigenvalue weighted by molar-refractivity contribution is 0.00867. The first kappa shape index (κ1) is 22.5. The summed E-state index contributed by atoms with van der Waals surface area (Å²) in [5, 5.41) is 3.73. The maximum absolute atomic E-state index is 14.7. The second-order valence-corrected chi connectivity index (χ2v) is 8.97. The summed E-state index contributed by atoms with van der Waals surface area (Å²) in [6, 6.07) is 13.8. The predicted molar refractivity (Wildman–Crippen MR) is 127 cm³/mol. The molecule has 0 unspecified atom stereocenters. The summed E-state index contributed by atoms with van der Waals surface area (Å²) in [5.41, 5.74) is 2.40. The number of amides is 1. The van der Waals surface area contributed by atoms with Crippen LogP contribution in [0.1, 0.15) is 39.9 Å². The van der Waals surface area contributed by atoms with Gasteiger partial charge in [-0.25, -0.2) is 13.2 Å². The van der Waals surface area contributed by atoms with Crippen LogP contribution in [0.2, 0.25) is 0 Å². The molecule has 1 atom stereocenters. The molecule has 182 valence electrons. The number of hydrogen-bond donors (Lipinski definition) is 1. The number of halogens is 3. The van der Waals surface area contributed by atoms with Crippen LogP contribution in [0.15, 0.2) is 60.8 Å². The Morgan fingerprint density at radius 1 is 1.00 bits per heavy atom. The number of pyridine rings is 1.